The summed E-state index contributed by atoms with van der Waals surface area (Å²) >= 11 is 0. The zero-order valence-corrected chi connectivity index (χ0v) is 10.2. The van der Waals surface area contributed by atoms with Gasteiger partial charge in [-0.15, -0.1) is 0 Å². The molecule has 0 spiro atoms. The Kier molecular flexibility index (Phi) is 3.32. The summed E-state index contributed by atoms with van der Waals surface area (Å²) in [7, 11) is 0. The minimum Gasteiger partial charge on any atom is -0.381 e. The fraction of sp³-hybridized carbons (Fsp3) is 0.308. The topological polar surface area (TPSA) is 52.0 Å². The molecule has 0 radical (unpaired) electrons. The summed E-state index contributed by atoms with van der Waals surface area (Å²) in [6.07, 6.45) is 0.670. The van der Waals surface area contributed by atoms with E-state index in [2.05, 4.69) is 5.16 Å². The summed E-state index contributed by atoms with van der Waals surface area (Å²) in [6, 6.07) is 3.59. The lowest BCUT2D eigenvalue weighted by atomic mass is 10.00. The lowest BCUT2D eigenvalue weighted by Gasteiger charge is -2.05. The largest absolute Gasteiger partial charge is 0.381 e. The van der Waals surface area contributed by atoms with Gasteiger partial charge >= 0.3 is 0 Å². The molecule has 0 unspecified atom stereocenters. The molecule has 0 bridgehead atoms. The number of nitrogens with zero attached hydrogens (tertiary/aromatic N) is 1. The molecular weight excluding hydrogens is 238 g/mol. The molecule has 0 aliphatic carbocycles. The molecule has 1 heterocycles. The molecule has 0 saturated heterocycles. The number of hydrogen-bond acceptors (Lipinski definition) is 3. The van der Waals surface area contributed by atoms with E-state index in [4.69, 9.17) is 10.3 Å². The van der Waals surface area contributed by atoms with Gasteiger partial charge < -0.3 is 10.3 Å². The number of nitrogens with two attached hydrogens (primary N) is 1. The highest BCUT2D eigenvalue weighted by Gasteiger charge is 2.18. The second-order valence-electron chi connectivity index (χ2n) is 4.60. The summed E-state index contributed by atoms with van der Waals surface area (Å²) in [6.45, 7) is 4.06. The number of nitrogen functional groups attached to an aromatic ring is 1. The number of rotatable bonds is 3. The van der Waals surface area contributed by atoms with E-state index in [1.165, 1.54) is 6.07 Å². The predicted octanol–water partition coefficient (Wildman–Crippen LogP) is 3.40. The Labute approximate surface area is 104 Å². The molecule has 0 aliphatic heterocycles. The second kappa shape index (κ2) is 4.76. The van der Waals surface area contributed by atoms with Gasteiger partial charge in [0.15, 0.2) is 23.2 Å². The predicted molar refractivity (Wildman–Crippen MR) is 64.8 cm³/mol. The number of aromatic nitrogens is 1. The van der Waals surface area contributed by atoms with Crippen LogP contribution in [0.1, 0.15) is 19.4 Å². The first-order chi connectivity index (χ1) is 8.49. The Morgan fingerprint density at radius 3 is 2.61 bits per heavy atom. The Balaban J connectivity index is 2.47. The van der Waals surface area contributed by atoms with Crippen molar-refractivity contribution in [2.24, 2.45) is 5.92 Å². The fourth-order valence-corrected chi connectivity index (χ4v) is 1.79. The average Bonchev–Trinajstić information content (AvgIpc) is 2.64. The molecule has 2 rings (SSSR count). The quantitative estimate of drug-likeness (QED) is 0.910. The van der Waals surface area contributed by atoms with Gasteiger partial charge in [0.25, 0.3) is 0 Å². The van der Waals surface area contributed by atoms with Crippen LogP contribution in [0.3, 0.4) is 0 Å². The maximum atomic E-state index is 13.2. The van der Waals surface area contributed by atoms with Gasteiger partial charge in [0, 0.05) is 11.1 Å². The Morgan fingerprint density at radius 2 is 2.00 bits per heavy atom. The third-order valence-corrected chi connectivity index (χ3v) is 2.61. The van der Waals surface area contributed by atoms with Crippen LogP contribution in [-0.2, 0) is 6.42 Å². The average molecular weight is 252 g/mol. The van der Waals surface area contributed by atoms with Crippen LogP contribution in [0.15, 0.2) is 22.7 Å². The number of anilines is 1. The van der Waals surface area contributed by atoms with Crippen molar-refractivity contribution in [1.82, 2.24) is 5.16 Å². The molecule has 96 valence electrons. The summed E-state index contributed by atoms with van der Waals surface area (Å²) in [5, 5.41) is 3.68. The smallest absolute Gasteiger partial charge is 0.172 e. The lowest BCUT2D eigenvalue weighted by Crippen LogP contribution is -1.99. The summed E-state index contributed by atoms with van der Waals surface area (Å²) in [4.78, 5) is 0. The highest BCUT2D eigenvalue weighted by molar-refractivity contribution is 5.66. The summed E-state index contributed by atoms with van der Waals surface area (Å²) < 4.78 is 31.2. The SMILES string of the molecule is CC(C)Cc1c(N)noc1-c1ccc(F)c(F)c1. The van der Waals surface area contributed by atoms with Crippen molar-refractivity contribution in [2.45, 2.75) is 20.3 Å². The van der Waals surface area contributed by atoms with Crippen molar-refractivity contribution >= 4 is 5.82 Å². The van der Waals surface area contributed by atoms with Crippen molar-refractivity contribution < 1.29 is 13.3 Å². The Bertz CT molecular complexity index is 564. The molecule has 5 heteroatoms. The minimum absolute atomic E-state index is 0.295. The van der Waals surface area contributed by atoms with Crippen molar-refractivity contribution in [1.29, 1.82) is 0 Å². The van der Waals surface area contributed by atoms with E-state index in [-0.39, 0.29) is 0 Å². The van der Waals surface area contributed by atoms with Crippen LogP contribution in [0.25, 0.3) is 11.3 Å². The van der Waals surface area contributed by atoms with Gasteiger partial charge in [0.1, 0.15) is 0 Å². The molecular formula is C13H14F2N2O. The summed E-state index contributed by atoms with van der Waals surface area (Å²) in [5.41, 5.74) is 6.89. The van der Waals surface area contributed by atoms with E-state index in [1.807, 2.05) is 13.8 Å². The molecule has 0 saturated carbocycles. The first-order valence-electron chi connectivity index (χ1n) is 5.68. The van der Waals surface area contributed by atoms with Crippen molar-refractivity contribution in [2.75, 3.05) is 5.73 Å². The zero-order chi connectivity index (χ0) is 13.3. The van der Waals surface area contributed by atoms with Gasteiger partial charge in [0.2, 0.25) is 0 Å². The van der Waals surface area contributed by atoms with E-state index in [0.29, 0.717) is 29.5 Å². The molecule has 1 aromatic carbocycles. The maximum Gasteiger partial charge on any atom is 0.172 e. The van der Waals surface area contributed by atoms with Crippen LogP contribution in [0.2, 0.25) is 0 Å². The van der Waals surface area contributed by atoms with Crippen molar-refractivity contribution in [3.63, 3.8) is 0 Å². The first-order valence-corrected chi connectivity index (χ1v) is 5.68. The molecule has 2 aromatic rings. The van der Waals surface area contributed by atoms with E-state index in [0.717, 1.165) is 17.7 Å². The van der Waals surface area contributed by atoms with Crippen molar-refractivity contribution in [3.8, 4) is 11.3 Å². The standard InChI is InChI=1S/C13H14F2N2O/c1-7(2)5-9-12(18-17-13(9)16)8-3-4-10(14)11(15)6-8/h3-4,6-7H,5H2,1-2H3,(H2,16,17). The van der Waals surface area contributed by atoms with E-state index < -0.39 is 11.6 Å². The van der Waals surface area contributed by atoms with Gasteiger partial charge in [-0.2, -0.15) is 0 Å². The van der Waals surface area contributed by atoms with Crippen LogP contribution in [0, 0.1) is 17.6 Å². The van der Waals surface area contributed by atoms with Crippen molar-refractivity contribution in [3.05, 3.63) is 35.4 Å². The summed E-state index contributed by atoms with van der Waals surface area (Å²) in [5.74, 6) is -0.756. The Morgan fingerprint density at radius 1 is 1.28 bits per heavy atom. The van der Waals surface area contributed by atoms with E-state index >= 15 is 0 Å². The van der Waals surface area contributed by atoms with Gasteiger partial charge in [-0.1, -0.05) is 19.0 Å². The highest BCUT2D eigenvalue weighted by atomic mass is 19.2. The van der Waals surface area contributed by atoms with Gasteiger partial charge in [0.05, 0.1) is 0 Å². The maximum absolute atomic E-state index is 13.2. The van der Waals surface area contributed by atoms with Gasteiger partial charge in [-0.05, 0) is 30.5 Å². The van der Waals surface area contributed by atoms with Gasteiger partial charge in [-0.25, -0.2) is 8.78 Å². The Hall–Kier alpha value is -1.91. The molecule has 0 aliphatic rings. The van der Waals surface area contributed by atoms with Gasteiger partial charge in [-0.3, -0.25) is 0 Å². The molecule has 0 atom stereocenters. The molecule has 1 aromatic heterocycles. The van der Waals surface area contributed by atoms with E-state index in [9.17, 15) is 8.78 Å². The molecule has 0 amide bonds. The molecule has 3 nitrogen and oxygen atoms in total. The van der Waals surface area contributed by atoms with Crippen LogP contribution in [0.4, 0.5) is 14.6 Å². The minimum atomic E-state index is -0.919. The van der Waals surface area contributed by atoms with Crippen LogP contribution < -0.4 is 5.73 Å². The van der Waals surface area contributed by atoms with Crippen LogP contribution in [-0.4, -0.2) is 5.16 Å². The molecule has 2 N–H and O–H groups in total. The van der Waals surface area contributed by atoms with E-state index in [1.54, 1.807) is 0 Å². The normalized spacial score (nSPS) is 11.2. The third kappa shape index (κ3) is 2.34. The molecule has 0 fully saturated rings. The number of benzene rings is 1. The third-order valence-electron chi connectivity index (χ3n) is 2.61. The number of hydrogen-bond donors (Lipinski definition) is 1. The highest BCUT2D eigenvalue weighted by Crippen LogP contribution is 2.30. The lowest BCUT2D eigenvalue weighted by molar-refractivity contribution is 0.433. The zero-order valence-electron chi connectivity index (χ0n) is 10.2. The fourth-order valence-electron chi connectivity index (χ4n) is 1.79. The van der Waals surface area contributed by atoms with Crippen LogP contribution >= 0.6 is 0 Å². The second-order valence-corrected chi connectivity index (χ2v) is 4.60. The van der Waals surface area contributed by atoms with Crippen LogP contribution in [0.5, 0.6) is 0 Å². The first kappa shape index (κ1) is 12.5. The number of halogens is 2. The monoisotopic (exact) mass is 252 g/mol. The molecule has 18 heavy (non-hydrogen) atoms.